The molecule has 1 aliphatic carbocycles. The van der Waals surface area contributed by atoms with E-state index in [-0.39, 0.29) is 16.7 Å². The van der Waals surface area contributed by atoms with Gasteiger partial charge >= 0.3 is 0 Å². The number of aromatic amines is 1. The number of hydrogen-bond donors (Lipinski definition) is 2. The van der Waals surface area contributed by atoms with Crippen molar-refractivity contribution < 1.29 is 4.92 Å². The summed E-state index contributed by atoms with van der Waals surface area (Å²) < 4.78 is 0. The van der Waals surface area contributed by atoms with E-state index < -0.39 is 0 Å². The van der Waals surface area contributed by atoms with Gasteiger partial charge in [0, 0.05) is 44.2 Å². The highest BCUT2D eigenvalue weighted by atomic mass is 16.6. The number of imidazole rings is 1. The van der Waals surface area contributed by atoms with Gasteiger partial charge in [-0.15, -0.1) is 0 Å². The van der Waals surface area contributed by atoms with Gasteiger partial charge in [0.2, 0.25) is 0 Å². The summed E-state index contributed by atoms with van der Waals surface area (Å²) in [4.78, 5) is 30.5. The lowest BCUT2D eigenvalue weighted by molar-refractivity contribution is -0.384. The molecule has 0 saturated carbocycles. The Morgan fingerprint density at radius 2 is 1.80 bits per heavy atom. The van der Waals surface area contributed by atoms with E-state index in [4.69, 9.17) is 9.97 Å². The van der Waals surface area contributed by atoms with Crippen LogP contribution in [0.25, 0.3) is 11.0 Å². The maximum absolute atomic E-state index is 11.3. The standard InChI is InChI=1S/C31H31N7O2/c39-38(40)26-13-14-27-28(17-26)36-30(35-27)21-37(29-8-3-5-24-6-4-16-34-31(24)29)20-23-11-9-22(10-12-23)18-32-19-25-7-1-2-15-33-25/h1-2,4,6-7,9-17,29,32H,3,5,8,18-21H2,(H,35,36). The number of nitrogens with zero attached hydrogens (tertiary/aromatic N) is 5. The highest BCUT2D eigenvalue weighted by Crippen LogP contribution is 2.35. The number of aromatic nitrogens is 4. The summed E-state index contributed by atoms with van der Waals surface area (Å²) in [6.07, 6.45) is 6.86. The van der Waals surface area contributed by atoms with Gasteiger partial charge in [0.1, 0.15) is 5.82 Å². The molecule has 1 unspecified atom stereocenters. The topological polar surface area (TPSA) is 113 Å². The quantitative estimate of drug-likeness (QED) is 0.177. The van der Waals surface area contributed by atoms with Gasteiger partial charge in [-0.1, -0.05) is 36.4 Å². The molecular weight excluding hydrogens is 502 g/mol. The zero-order chi connectivity index (χ0) is 27.3. The van der Waals surface area contributed by atoms with Crippen molar-refractivity contribution in [3.8, 4) is 0 Å². The molecule has 2 N–H and O–H groups in total. The normalized spacial score (nSPS) is 14.9. The lowest BCUT2D eigenvalue weighted by Gasteiger charge is -2.34. The first kappa shape index (κ1) is 25.8. The fourth-order valence-electron chi connectivity index (χ4n) is 5.48. The van der Waals surface area contributed by atoms with Crippen LogP contribution in [-0.2, 0) is 32.6 Å². The van der Waals surface area contributed by atoms with E-state index in [0.717, 1.165) is 61.6 Å². The highest BCUT2D eigenvalue weighted by Gasteiger charge is 2.28. The number of fused-ring (bicyclic) bond motifs is 2. The predicted molar refractivity (Wildman–Crippen MR) is 153 cm³/mol. The van der Waals surface area contributed by atoms with Gasteiger partial charge in [0.15, 0.2) is 0 Å². The average Bonchev–Trinajstić information content (AvgIpc) is 3.39. The van der Waals surface area contributed by atoms with E-state index in [2.05, 4.69) is 50.5 Å². The molecule has 6 rings (SSSR count). The summed E-state index contributed by atoms with van der Waals surface area (Å²) in [6, 6.07) is 23.8. The zero-order valence-electron chi connectivity index (χ0n) is 22.2. The summed E-state index contributed by atoms with van der Waals surface area (Å²) in [7, 11) is 0. The van der Waals surface area contributed by atoms with Crippen LogP contribution in [0.15, 0.2) is 85.2 Å². The van der Waals surface area contributed by atoms with Gasteiger partial charge in [-0.2, -0.15) is 0 Å². The zero-order valence-corrected chi connectivity index (χ0v) is 22.2. The van der Waals surface area contributed by atoms with Crippen molar-refractivity contribution in [3.63, 3.8) is 0 Å². The largest absolute Gasteiger partial charge is 0.341 e. The molecular formula is C31H31N7O2. The van der Waals surface area contributed by atoms with E-state index in [0.29, 0.717) is 12.1 Å². The maximum atomic E-state index is 11.3. The lowest BCUT2D eigenvalue weighted by Crippen LogP contribution is -2.31. The second-order valence-corrected chi connectivity index (χ2v) is 10.2. The number of pyridine rings is 2. The highest BCUT2D eigenvalue weighted by molar-refractivity contribution is 5.77. The van der Waals surface area contributed by atoms with Crippen LogP contribution in [0.3, 0.4) is 0 Å². The lowest BCUT2D eigenvalue weighted by atomic mass is 9.90. The van der Waals surface area contributed by atoms with Crippen LogP contribution < -0.4 is 5.32 Å². The number of hydrogen-bond acceptors (Lipinski definition) is 7. The predicted octanol–water partition coefficient (Wildman–Crippen LogP) is 5.63. The van der Waals surface area contributed by atoms with Crippen molar-refractivity contribution in [3.05, 3.63) is 129 Å². The summed E-state index contributed by atoms with van der Waals surface area (Å²) in [6.45, 7) is 2.81. The molecule has 9 nitrogen and oxygen atoms in total. The van der Waals surface area contributed by atoms with Crippen LogP contribution in [0.4, 0.5) is 5.69 Å². The molecule has 0 aliphatic heterocycles. The first-order valence-corrected chi connectivity index (χ1v) is 13.6. The van der Waals surface area contributed by atoms with Crippen molar-refractivity contribution in [2.75, 3.05) is 0 Å². The molecule has 0 amide bonds. The molecule has 1 aliphatic rings. The van der Waals surface area contributed by atoms with Gasteiger partial charge in [-0.3, -0.25) is 25.0 Å². The van der Waals surface area contributed by atoms with E-state index in [9.17, 15) is 10.1 Å². The molecule has 3 heterocycles. The maximum Gasteiger partial charge on any atom is 0.271 e. The molecule has 0 spiro atoms. The van der Waals surface area contributed by atoms with Crippen molar-refractivity contribution >= 4 is 16.7 Å². The molecule has 0 saturated heterocycles. The van der Waals surface area contributed by atoms with Crippen molar-refractivity contribution in [1.82, 2.24) is 30.2 Å². The van der Waals surface area contributed by atoms with Crippen LogP contribution in [0, 0.1) is 10.1 Å². The Morgan fingerprint density at radius 3 is 2.62 bits per heavy atom. The summed E-state index contributed by atoms with van der Waals surface area (Å²) in [5.41, 5.74) is 7.35. The van der Waals surface area contributed by atoms with Gasteiger partial charge in [-0.05, 0) is 60.2 Å². The van der Waals surface area contributed by atoms with Crippen molar-refractivity contribution in [1.29, 1.82) is 0 Å². The number of H-pyrrole nitrogens is 1. The molecule has 2 aromatic carbocycles. The first-order chi connectivity index (χ1) is 19.6. The number of nitro groups is 1. The van der Waals surface area contributed by atoms with Crippen LogP contribution in [0.5, 0.6) is 0 Å². The smallest absolute Gasteiger partial charge is 0.271 e. The minimum Gasteiger partial charge on any atom is -0.341 e. The molecule has 0 radical (unpaired) electrons. The second kappa shape index (κ2) is 11.7. The fraction of sp³-hybridized carbons (Fsp3) is 0.258. The molecule has 5 aromatic rings. The molecule has 40 heavy (non-hydrogen) atoms. The summed E-state index contributed by atoms with van der Waals surface area (Å²) in [5.74, 6) is 0.786. The Labute approximate surface area is 232 Å². The SMILES string of the molecule is O=[N+]([O-])c1ccc2nc(CN(Cc3ccc(CNCc4ccccn4)cc3)C3CCCc4cccnc43)[nH]c2c1. The summed E-state index contributed by atoms with van der Waals surface area (Å²) in [5, 5.41) is 14.7. The van der Waals surface area contributed by atoms with E-state index in [1.165, 1.54) is 22.8 Å². The van der Waals surface area contributed by atoms with Crippen molar-refractivity contribution in [2.45, 2.75) is 51.5 Å². The monoisotopic (exact) mass is 533 g/mol. The third-order valence-corrected chi connectivity index (χ3v) is 7.45. The van der Waals surface area contributed by atoms with Crippen LogP contribution in [-0.4, -0.2) is 29.8 Å². The molecule has 3 aromatic heterocycles. The number of benzene rings is 2. The minimum atomic E-state index is -0.380. The Balaban J connectivity index is 1.21. The molecule has 9 heteroatoms. The number of nitro benzene ring substituents is 1. The molecule has 1 atom stereocenters. The molecule has 202 valence electrons. The fourth-order valence-corrected chi connectivity index (χ4v) is 5.48. The van der Waals surface area contributed by atoms with Crippen LogP contribution >= 0.6 is 0 Å². The Morgan fingerprint density at radius 1 is 0.950 bits per heavy atom. The van der Waals surface area contributed by atoms with Crippen LogP contribution in [0.2, 0.25) is 0 Å². The van der Waals surface area contributed by atoms with Gasteiger partial charge in [-0.25, -0.2) is 4.98 Å². The first-order valence-electron chi connectivity index (χ1n) is 13.6. The number of non-ortho nitro benzene ring substituents is 1. The third kappa shape index (κ3) is 5.90. The van der Waals surface area contributed by atoms with Gasteiger partial charge in [0.05, 0.1) is 39.9 Å². The third-order valence-electron chi connectivity index (χ3n) is 7.45. The van der Waals surface area contributed by atoms with Crippen LogP contribution in [0.1, 0.15) is 52.8 Å². The van der Waals surface area contributed by atoms with E-state index in [1.54, 1.807) is 12.1 Å². The van der Waals surface area contributed by atoms with Gasteiger partial charge in [0.25, 0.3) is 5.69 Å². The summed E-state index contributed by atoms with van der Waals surface area (Å²) >= 11 is 0. The van der Waals surface area contributed by atoms with E-state index >= 15 is 0 Å². The average molecular weight is 534 g/mol. The number of nitrogens with one attached hydrogen (secondary N) is 2. The Hall–Kier alpha value is -4.47. The molecule has 0 bridgehead atoms. The Bertz CT molecular complexity index is 1600. The molecule has 0 fully saturated rings. The second-order valence-electron chi connectivity index (χ2n) is 10.2. The number of aryl methyl sites for hydroxylation is 1. The van der Waals surface area contributed by atoms with E-state index in [1.807, 2.05) is 36.7 Å². The van der Waals surface area contributed by atoms with Crippen molar-refractivity contribution in [2.24, 2.45) is 0 Å². The number of rotatable bonds is 10. The Kier molecular flexibility index (Phi) is 7.56. The van der Waals surface area contributed by atoms with Gasteiger partial charge < -0.3 is 10.3 Å². The minimum absolute atomic E-state index is 0.0552.